The van der Waals surface area contributed by atoms with Gasteiger partial charge in [-0.1, -0.05) is 6.08 Å². The van der Waals surface area contributed by atoms with Crippen LogP contribution in [0.2, 0.25) is 0 Å². The lowest BCUT2D eigenvalue weighted by Crippen LogP contribution is -2.41. The number of benzene rings is 1. The van der Waals surface area contributed by atoms with Crippen LogP contribution in [0.5, 0.6) is 0 Å². The van der Waals surface area contributed by atoms with Gasteiger partial charge < -0.3 is 4.57 Å². The molecule has 7 heteroatoms. The molecule has 0 aliphatic heterocycles. The number of halogens is 1. The van der Waals surface area contributed by atoms with Crippen LogP contribution in [0.3, 0.4) is 0 Å². The van der Waals surface area contributed by atoms with Gasteiger partial charge in [0.05, 0.1) is 12.0 Å². The summed E-state index contributed by atoms with van der Waals surface area (Å²) in [6.45, 7) is 7.59. The van der Waals surface area contributed by atoms with Gasteiger partial charge in [-0.3, -0.25) is 9.36 Å². The van der Waals surface area contributed by atoms with Crippen molar-refractivity contribution in [2.45, 2.75) is 26.4 Å². The Morgan fingerprint density at radius 3 is 2.50 bits per heavy atom. The van der Waals surface area contributed by atoms with E-state index >= 15 is 0 Å². The lowest BCUT2D eigenvalue weighted by Gasteiger charge is -2.14. The van der Waals surface area contributed by atoms with Crippen LogP contribution in [0.15, 0.2) is 52.8 Å². The molecule has 0 radical (unpaired) electrons. The van der Waals surface area contributed by atoms with E-state index in [0.717, 1.165) is 0 Å². The average molecular weight is 328 g/mol. The molecule has 0 aliphatic carbocycles. The molecule has 3 aromatic rings. The molecular weight excluding hydrogens is 311 g/mol. The molecule has 1 aromatic carbocycles. The molecule has 6 nitrogen and oxygen atoms in total. The second kappa shape index (κ2) is 5.92. The van der Waals surface area contributed by atoms with Gasteiger partial charge in [-0.05, 0) is 38.1 Å². The van der Waals surface area contributed by atoms with Crippen LogP contribution in [-0.4, -0.2) is 18.7 Å². The Morgan fingerprint density at radius 2 is 1.92 bits per heavy atom. The second-order valence-electron chi connectivity index (χ2n) is 5.72. The van der Waals surface area contributed by atoms with E-state index in [1.54, 1.807) is 24.5 Å². The first-order chi connectivity index (χ1) is 11.5. The maximum absolute atomic E-state index is 13.2. The Balaban J connectivity index is 2.48. The van der Waals surface area contributed by atoms with Crippen molar-refractivity contribution in [3.63, 3.8) is 0 Å². The summed E-state index contributed by atoms with van der Waals surface area (Å²) >= 11 is 0. The normalized spacial score (nSPS) is 11.3. The maximum Gasteiger partial charge on any atom is 0.337 e. The Hall–Kier alpha value is -2.96. The third kappa shape index (κ3) is 2.38. The fraction of sp³-hybridized carbons (Fsp3) is 0.235. The highest BCUT2D eigenvalue weighted by molar-refractivity contribution is 5.72. The molecule has 2 aromatic heterocycles. The van der Waals surface area contributed by atoms with Gasteiger partial charge in [0, 0.05) is 12.6 Å². The number of nitrogens with zero attached hydrogens (tertiary/aromatic N) is 4. The van der Waals surface area contributed by atoms with Crippen LogP contribution in [0.25, 0.3) is 16.9 Å². The fourth-order valence-corrected chi connectivity index (χ4v) is 2.71. The van der Waals surface area contributed by atoms with Crippen LogP contribution in [0.1, 0.15) is 19.9 Å². The van der Waals surface area contributed by atoms with Gasteiger partial charge in [-0.15, -0.1) is 6.58 Å². The average Bonchev–Trinajstić information content (AvgIpc) is 2.93. The summed E-state index contributed by atoms with van der Waals surface area (Å²) in [7, 11) is 0. The van der Waals surface area contributed by atoms with Crippen LogP contribution in [0, 0.1) is 5.82 Å². The first-order valence-corrected chi connectivity index (χ1v) is 7.55. The van der Waals surface area contributed by atoms with E-state index in [1.807, 2.05) is 0 Å². The van der Waals surface area contributed by atoms with E-state index in [9.17, 15) is 14.0 Å². The predicted molar refractivity (Wildman–Crippen MR) is 90.1 cm³/mol. The van der Waals surface area contributed by atoms with Crippen molar-refractivity contribution in [3.05, 3.63) is 69.9 Å². The topological polar surface area (TPSA) is 61.8 Å². The molecule has 3 rings (SSSR count). The Bertz CT molecular complexity index is 1030. The SMILES string of the molecule is C=CCn1cnc2c1c(=O)n(C(C)C)c(=O)n2-c1ccc(F)cc1. The molecule has 0 aliphatic rings. The van der Waals surface area contributed by atoms with Gasteiger partial charge in [0.2, 0.25) is 0 Å². The number of rotatable bonds is 4. The number of hydrogen-bond acceptors (Lipinski definition) is 3. The van der Waals surface area contributed by atoms with Gasteiger partial charge >= 0.3 is 5.69 Å². The number of hydrogen-bond donors (Lipinski definition) is 0. The van der Waals surface area contributed by atoms with Crippen molar-refractivity contribution in [2.24, 2.45) is 0 Å². The van der Waals surface area contributed by atoms with Crippen LogP contribution < -0.4 is 11.2 Å². The molecule has 0 fully saturated rings. The zero-order valence-electron chi connectivity index (χ0n) is 13.4. The number of allylic oxidation sites excluding steroid dienone is 1. The first kappa shape index (κ1) is 15.9. The molecule has 24 heavy (non-hydrogen) atoms. The summed E-state index contributed by atoms with van der Waals surface area (Å²) in [4.78, 5) is 29.9. The zero-order chi connectivity index (χ0) is 17.4. The molecule has 0 amide bonds. The molecule has 0 atom stereocenters. The van der Waals surface area contributed by atoms with Gasteiger partial charge in [-0.25, -0.2) is 18.7 Å². The molecule has 0 N–H and O–H groups in total. The van der Waals surface area contributed by atoms with Crippen LogP contribution >= 0.6 is 0 Å². The summed E-state index contributed by atoms with van der Waals surface area (Å²) in [6, 6.07) is 5.17. The van der Waals surface area contributed by atoms with Crippen LogP contribution in [0.4, 0.5) is 4.39 Å². The van der Waals surface area contributed by atoms with Crippen molar-refractivity contribution in [2.75, 3.05) is 0 Å². The monoisotopic (exact) mass is 328 g/mol. The lowest BCUT2D eigenvalue weighted by atomic mass is 10.3. The third-order valence-electron chi connectivity index (χ3n) is 3.78. The van der Waals surface area contributed by atoms with Crippen molar-refractivity contribution in [3.8, 4) is 5.69 Å². The predicted octanol–water partition coefficient (Wildman–Crippen LogP) is 2.25. The highest BCUT2D eigenvalue weighted by atomic mass is 19.1. The van der Waals surface area contributed by atoms with E-state index in [1.165, 1.54) is 39.7 Å². The van der Waals surface area contributed by atoms with Crippen molar-refractivity contribution >= 4 is 11.2 Å². The summed E-state index contributed by atoms with van der Waals surface area (Å²) in [5.74, 6) is -0.405. The summed E-state index contributed by atoms with van der Waals surface area (Å²) in [6.07, 6.45) is 3.14. The van der Waals surface area contributed by atoms with Crippen molar-refractivity contribution < 1.29 is 4.39 Å². The number of imidazole rings is 1. The Kier molecular flexibility index (Phi) is 3.92. The minimum absolute atomic E-state index is 0.246. The third-order valence-corrected chi connectivity index (χ3v) is 3.78. The quantitative estimate of drug-likeness (QED) is 0.690. The first-order valence-electron chi connectivity index (χ1n) is 7.55. The van der Waals surface area contributed by atoms with E-state index < -0.39 is 17.1 Å². The largest absolute Gasteiger partial charge is 0.337 e. The molecule has 0 saturated carbocycles. The van der Waals surface area contributed by atoms with Gasteiger partial charge in [-0.2, -0.15) is 0 Å². The summed E-state index contributed by atoms with van der Waals surface area (Å²) in [5, 5.41) is 0. The van der Waals surface area contributed by atoms with Gasteiger partial charge in [0.15, 0.2) is 11.2 Å². The lowest BCUT2D eigenvalue weighted by molar-refractivity contribution is 0.539. The molecular formula is C17H17FN4O2. The van der Waals surface area contributed by atoms with E-state index in [0.29, 0.717) is 17.7 Å². The highest BCUT2D eigenvalue weighted by Gasteiger charge is 2.20. The number of fused-ring (bicyclic) bond motifs is 1. The van der Waals surface area contributed by atoms with Gasteiger partial charge in [0.25, 0.3) is 5.56 Å². The number of aromatic nitrogens is 4. The standard InChI is InChI=1S/C17H17FN4O2/c1-4-9-20-10-19-15-14(20)16(23)21(11(2)3)17(24)22(15)13-7-5-12(18)6-8-13/h4-8,10-11H,1,9H2,2-3H3. The van der Waals surface area contributed by atoms with E-state index in [-0.39, 0.29) is 11.7 Å². The molecule has 0 saturated heterocycles. The molecule has 0 spiro atoms. The molecule has 2 heterocycles. The van der Waals surface area contributed by atoms with Crippen LogP contribution in [-0.2, 0) is 6.54 Å². The van der Waals surface area contributed by atoms with E-state index in [2.05, 4.69) is 11.6 Å². The highest BCUT2D eigenvalue weighted by Crippen LogP contribution is 2.14. The molecule has 0 bridgehead atoms. The minimum Gasteiger partial charge on any atom is -0.321 e. The summed E-state index contributed by atoms with van der Waals surface area (Å²) < 4.78 is 17.4. The van der Waals surface area contributed by atoms with Crippen molar-refractivity contribution in [1.82, 2.24) is 18.7 Å². The Labute approximate surface area is 137 Å². The molecule has 124 valence electrons. The fourth-order valence-electron chi connectivity index (χ4n) is 2.71. The Morgan fingerprint density at radius 1 is 1.25 bits per heavy atom. The van der Waals surface area contributed by atoms with E-state index in [4.69, 9.17) is 0 Å². The zero-order valence-corrected chi connectivity index (χ0v) is 13.4. The summed E-state index contributed by atoms with van der Waals surface area (Å²) in [5.41, 5.74) is 0.105. The maximum atomic E-state index is 13.2. The van der Waals surface area contributed by atoms with Crippen molar-refractivity contribution in [1.29, 1.82) is 0 Å². The minimum atomic E-state index is -0.502. The van der Waals surface area contributed by atoms with Gasteiger partial charge in [0.1, 0.15) is 5.82 Å². The smallest absolute Gasteiger partial charge is 0.321 e. The molecule has 0 unspecified atom stereocenters. The second-order valence-corrected chi connectivity index (χ2v) is 5.72.